The van der Waals surface area contributed by atoms with Gasteiger partial charge >= 0.3 is 6.09 Å². The number of carbonyl (C=O) groups excluding carboxylic acids is 1. The van der Waals surface area contributed by atoms with Gasteiger partial charge < -0.3 is 25.0 Å². The lowest BCUT2D eigenvalue weighted by Crippen LogP contribution is -2.40. The highest BCUT2D eigenvalue weighted by Gasteiger charge is 2.21. The van der Waals surface area contributed by atoms with Gasteiger partial charge in [-0.15, -0.1) is 12.3 Å². The first kappa shape index (κ1) is 23.7. The Bertz CT molecular complexity index is 449. The fraction of sp³-hybridized carbons (Fsp3) is 0.857. The summed E-state index contributed by atoms with van der Waals surface area (Å²) in [5, 5.41) is 0. The van der Waals surface area contributed by atoms with Gasteiger partial charge in [0.15, 0.2) is 0 Å². The number of nitrogens with two attached hydrogens (primary N) is 1. The molecule has 0 radical (unpaired) electrons. The predicted molar refractivity (Wildman–Crippen MR) is 110 cm³/mol. The number of nitrogens with zero attached hydrogens (tertiary/aromatic N) is 2. The Kier molecular flexibility index (Phi) is 11.4. The van der Waals surface area contributed by atoms with Crippen molar-refractivity contribution in [3.8, 4) is 12.3 Å². The first-order chi connectivity index (χ1) is 12.8. The summed E-state index contributed by atoms with van der Waals surface area (Å²) in [6.07, 6.45) is 10.5. The van der Waals surface area contributed by atoms with Crippen LogP contribution in [0.25, 0.3) is 0 Å². The Hall–Kier alpha value is -1.29. The van der Waals surface area contributed by atoms with Crippen molar-refractivity contribution in [1.82, 2.24) is 9.80 Å². The Morgan fingerprint density at radius 3 is 2.44 bits per heavy atom. The molecule has 1 aliphatic rings. The molecule has 156 valence electrons. The zero-order valence-electron chi connectivity index (χ0n) is 17.5. The van der Waals surface area contributed by atoms with E-state index in [0.717, 1.165) is 58.3 Å². The fourth-order valence-corrected chi connectivity index (χ4v) is 3.02. The average molecular weight is 382 g/mol. The molecule has 0 bridgehead atoms. The van der Waals surface area contributed by atoms with Crippen molar-refractivity contribution in [3.05, 3.63) is 0 Å². The summed E-state index contributed by atoms with van der Waals surface area (Å²) in [5.41, 5.74) is 5.44. The molecule has 6 heteroatoms. The SMILES string of the molecule is C#CCCCN(CCCOCCCN1CCC(N)CC1)C(=O)OC(C)(C)C. The van der Waals surface area contributed by atoms with Crippen molar-refractivity contribution >= 4 is 6.09 Å². The van der Waals surface area contributed by atoms with Crippen LogP contribution >= 0.6 is 0 Å². The lowest BCUT2D eigenvalue weighted by Gasteiger charge is -2.29. The van der Waals surface area contributed by atoms with Crippen molar-refractivity contribution in [2.24, 2.45) is 5.73 Å². The van der Waals surface area contributed by atoms with Crippen molar-refractivity contribution in [2.45, 2.75) is 70.9 Å². The number of unbranched alkanes of at least 4 members (excludes halogenated alkanes) is 1. The van der Waals surface area contributed by atoms with E-state index in [1.54, 1.807) is 4.90 Å². The molecule has 0 aromatic carbocycles. The van der Waals surface area contributed by atoms with Crippen molar-refractivity contribution in [1.29, 1.82) is 0 Å². The smallest absolute Gasteiger partial charge is 0.410 e. The maximum atomic E-state index is 12.3. The highest BCUT2D eigenvalue weighted by Crippen LogP contribution is 2.11. The third-order valence-electron chi connectivity index (χ3n) is 4.51. The van der Waals surface area contributed by atoms with E-state index in [1.165, 1.54) is 0 Å². The van der Waals surface area contributed by atoms with Crippen molar-refractivity contribution < 1.29 is 14.3 Å². The highest BCUT2D eigenvalue weighted by atomic mass is 16.6. The van der Waals surface area contributed by atoms with Gasteiger partial charge in [0, 0.05) is 45.3 Å². The second kappa shape index (κ2) is 13.0. The molecule has 0 aliphatic carbocycles. The summed E-state index contributed by atoms with van der Waals surface area (Å²) in [5.74, 6) is 2.62. The molecular formula is C21H39N3O3. The molecule has 1 saturated heterocycles. The van der Waals surface area contributed by atoms with Crippen LogP contribution in [0.5, 0.6) is 0 Å². The van der Waals surface area contributed by atoms with E-state index < -0.39 is 5.60 Å². The molecule has 1 rings (SSSR count). The topological polar surface area (TPSA) is 68.0 Å². The van der Waals surface area contributed by atoms with Crippen LogP contribution in [0, 0.1) is 12.3 Å². The van der Waals surface area contributed by atoms with Crippen LogP contribution in [0.1, 0.15) is 59.3 Å². The van der Waals surface area contributed by atoms with E-state index in [-0.39, 0.29) is 6.09 Å². The van der Waals surface area contributed by atoms with E-state index in [2.05, 4.69) is 10.8 Å². The number of carbonyl (C=O) groups is 1. The standard InChI is InChI=1S/C21H39N3O3/c1-5-6-7-13-24(20(25)27-21(2,3)4)14-9-18-26-17-8-12-23-15-10-19(22)11-16-23/h1,19H,6-18,22H2,2-4H3. The van der Waals surface area contributed by atoms with Gasteiger partial charge in [0.25, 0.3) is 0 Å². The molecule has 0 aromatic heterocycles. The zero-order chi connectivity index (χ0) is 20.1. The molecule has 1 amide bonds. The molecule has 6 nitrogen and oxygen atoms in total. The summed E-state index contributed by atoms with van der Waals surface area (Å²) in [6.45, 7) is 11.6. The van der Waals surface area contributed by atoms with Gasteiger partial charge in [-0.3, -0.25) is 0 Å². The van der Waals surface area contributed by atoms with Crippen molar-refractivity contribution in [3.63, 3.8) is 0 Å². The Balaban J connectivity index is 2.16. The normalized spacial score (nSPS) is 16.1. The molecule has 2 N–H and O–H groups in total. The molecule has 0 unspecified atom stereocenters. The lowest BCUT2D eigenvalue weighted by atomic mass is 10.1. The van der Waals surface area contributed by atoms with E-state index in [9.17, 15) is 4.79 Å². The van der Waals surface area contributed by atoms with E-state index in [4.69, 9.17) is 21.6 Å². The second-order valence-corrected chi connectivity index (χ2v) is 8.27. The third-order valence-corrected chi connectivity index (χ3v) is 4.51. The summed E-state index contributed by atoms with van der Waals surface area (Å²) < 4.78 is 11.2. The van der Waals surface area contributed by atoms with Crippen LogP contribution in [-0.4, -0.2) is 73.5 Å². The minimum atomic E-state index is -0.490. The number of piperidine rings is 1. The van der Waals surface area contributed by atoms with Gasteiger partial charge in [-0.05, 0) is 66.0 Å². The van der Waals surface area contributed by atoms with Crippen LogP contribution in [0.2, 0.25) is 0 Å². The van der Waals surface area contributed by atoms with E-state index in [1.807, 2.05) is 20.8 Å². The highest BCUT2D eigenvalue weighted by molar-refractivity contribution is 5.68. The van der Waals surface area contributed by atoms with Gasteiger partial charge in [-0.2, -0.15) is 0 Å². The van der Waals surface area contributed by atoms with Crippen LogP contribution in [0.15, 0.2) is 0 Å². The molecular weight excluding hydrogens is 342 g/mol. The van der Waals surface area contributed by atoms with Crippen molar-refractivity contribution in [2.75, 3.05) is 45.9 Å². The largest absolute Gasteiger partial charge is 0.444 e. The monoisotopic (exact) mass is 381 g/mol. The summed E-state index contributed by atoms with van der Waals surface area (Å²) in [6, 6.07) is 0.381. The number of ether oxygens (including phenoxy) is 2. The zero-order valence-corrected chi connectivity index (χ0v) is 17.5. The predicted octanol–water partition coefficient (Wildman–Crippen LogP) is 2.86. The molecule has 0 spiro atoms. The first-order valence-corrected chi connectivity index (χ1v) is 10.3. The lowest BCUT2D eigenvalue weighted by molar-refractivity contribution is 0.0225. The first-order valence-electron chi connectivity index (χ1n) is 10.3. The maximum absolute atomic E-state index is 12.3. The number of likely N-dealkylation sites (tertiary alicyclic amines) is 1. The quantitative estimate of drug-likeness (QED) is 0.440. The maximum Gasteiger partial charge on any atom is 0.410 e. The molecule has 27 heavy (non-hydrogen) atoms. The fourth-order valence-electron chi connectivity index (χ4n) is 3.02. The summed E-state index contributed by atoms with van der Waals surface area (Å²) in [4.78, 5) is 16.5. The minimum absolute atomic E-state index is 0.275. The van der Waals surface area contributed by atoms with Crippen LogP contribution in [0.3, 0.4) is 0 Å². The average Bonchev–Trinajstić information content (AvgIpc) is 2.59. The Labute approximate surface area is 165 Å². The van der Waals surface area contributed by atoms with Crippen LogP contribution < -0.4 is 5.73 Å². The summed E-state index contributed by atoms with van der Waals surface area (Å²) >= 11 is 0. The number of rotatable bonds is 11. The third kappa shape index (κ3) is 11.9. The van der Waals surface area contributed by atoms with E-state index >= 15 is 0 Å². The van der Waals surface area contributed by atoms with Gasteiger partial charge in [-0.25, -0.2) is 4.79 Å². The molecule has 1 aliphatic heterocycles. The van der Waals surface area contributed by atoms with Gasteiger partial charge in [0.1, 0.15) is 5.60 Å². The molecule has 1 heterocycles. The second-order valence-electron chi connectivity index (χ2n) is 8.27. The minimum Gasteiger partial charge on any atom is -0.444 e. The number of terminal acetylenes is 1. The van der Waals surface area contributed by atoms with E-state index in [0.29, 0.717) is 32.2 Å². The van der Waals surface area contributed by atoms with Gasteiger partial charge in [-0.1, -0.05) is 0 Å². The molecule has 1 fully saturated rings. The number of hydrogen-bond acceptors (Lipinski definition) is 5. The number of hydrogen-bond donors (Lipinski definition) is 1. The van der Waals surface area contributed by atoms with Gasteiger partial charge in [0.05, 0.1) is 0 Å². The van der Waals surface area contributed by atoms with Crippen LogP contribution in [0.4, 0.5) is 4.79 Å². The Morgan fingerprint density at radius 2 is 1.81 bits per heavy atom. The molecule has 0 aromatic rings. The Morgan fingerprint density at radius 1 is 1.19 bits per heavy atom. The summed E-state index contributed by atoms with van der Waals surface area (Å²) in [7, 11) is 0. The molecule has 0 saturated carbocycles. The molecule has 0 atom stereocenters. The van der Waals surface area contributed by atoms with Gasteiger partial charge in [0.2, 0.25) is 0 Å². The van der Waals surface area contributed by atoms with Crippen LogP contribution in [-0.2, 0) is 9.47 Å². The number of amides is 1.